The molecule has 0 heteroatoms. The van der Waals surface area contributed by atoms with Crippen molar-refractivity contribution in [3.63, 3.8) is 0 Å². The first-order valence-electron chi connectivity index (χ1n) is 5.88. The lowest BCUT2D eigenvalue weighted by atomic mass is 9.85. The standard InChI is InChI=1S/C16H19/c1-16(2,3)15-11-9-14(10-12-15)13-7-5-4-6-8-13/h4-5,7-12H,6H2,1-3H3. The Morgan fingerprint density at radius 2 is 1.69 bits per heavy atom. The normalized spacial score (nSPS) is 16.1. The van der Waals surface area contributed by atoms with Gasteiger partial charge in [-0.1, -0.05) is 63.3 Å². The van der Waals surface area contributed by atoms with Crippen molar-refractivity contribution in [3.05, 3.63) is 60.0 Å². The molecule has 0 bridgehead atoms. The van der Waals surface area contributed by atoms with Crippen LogP contribution in [0.15, 0.2) is 42.5 Å². The summed E-state index contributed by atoms with van der Waals surface area (Å²) < 4.78 is 0. The van der Waals surface area contributed by atoms with Gasteiger partial charge in [0.2, 0.25) is 0 Å². The fraction of sp³-hybridized carbons (Fsp3) is 0.312. The molecule has 0 nitrogen and oxygen atoms in total. The third-order valence-corrected chi connectivity index (χ3v) is 2.97. The minimum absolute atomic E-state index is 0.239. The maximum Gasteiger partial charge on any atom is -0.00493 e. The van der Waals surface area contributed by atoms with Crippen molar-refractivity contribution in [1.29, 1.82) is 0 Å². The molecule has 1 aliphatic carbocycles. The van der Waals surface area contributed by atoms with Gasteiger partial charge >= 0.3 is 0 Å². The zero-order valence-electron chi connectivity index (χ0n) is 10.3. The van der Waals surface area contributed by atoms with Gasteiger partial charge in [-0.05, 0) is 35.0 Å². The molecule has 0 spiro atoms. The predicted octanol–water partition coefficient (Wildman–Crippen LogP) is 4.53. The Hall–Kier alpha value is -1.30. The fourth-order valence-corrected chi connectivity index (χ4v) is 1.89. The third-order valence-electron chi connectivity index (χ3n) is 2.97. The molecule has 0 unspecified atom stereocenters. The Bertz CT molecular complexity index is 410. The zero-order valence-corrected chi connectivity index (χ0v) is 10.3. The van der Waals surface area contributed by atoms with Crippen molar-refractivity contribution in [2.75, 3.05) is 0 Å². The molecule has 0 aliphatic heterocycles. The van der Waals surface area contributed by atoms with E-state index < -0.39 is 0 Å². The number of hydrogen-bond donors (Lipinski definition) is 0. The summed E-state index contributed by atoms with van der Waals surface area (Å²) in [6, 6.07) is 8.93. The molecule has 0 atom stereocenters. The summed E-state index contributed by atoms with van der Waals surface area (Å²) >= 11 is 0. The number of hydrogen-bond acceptors (Lipinski definition) is 0. The summed E-state index contributed by atoms with van der Waals surface area (Å²) in [5.41, 5.74) is 4.28. The second-order valence-electron chi connectivity index (χ2n) is 5.32. The molecule has 0 amide bonds. The van der Waals surface area contributed by atoms with E-state index in [0.29, 0.717) is 0 Å². The van der Waals surface area contributed by atoms with Crippen LogP contribution in [0, 0.1) is 6.42 Å². The molecule has 16 heavy (non-hydrogen) atoms. The molecule has 0 fully saturated rings. The van der Waals surface area contributed by atoms with Crippen molar-refractivity contribution in [2.45, 2.75) is 32.6 Å². The molecule has 1 aromatic rings. The highest BCUT2D eigenvalue weighted by molar-refractivity contribution is 5.74. The van der Waals surface area contributed by atoms with Gasteiger partial charge in [0, 0.05) is 0 Å². The first kappa shape index (κ1) is 11.2. The monoisotopic (exact) mass is 211 g/mol. The van der Waals surface area contributed by atoms with E-state index in [2.05, 4.69) is 69.7 Å². The van der Waals surface area contributed by atoms with E-state index in [1.165, 1.54) is 16.7 Å². The van der Waals surface area contributed by atoms with E-state index in [9.17, 15) is 0 Å². The summed E-state index contributed by atoms with van der Waals surface area (Å²) in [4.78, 5) is 0. The van der Waals surface area contributed by atoms with Gasteiger partial charge in [-0.3, -0.25) is 0 Å². The zero-order chi connectivity index (χ0) is 11.6. The lowest BCUT2D eigenvalue weighted by molar-refractivity contribution is 0.590. The van der Waals surface area contributed by atoms with Crippen molar-refractivity contribution in [1.82, 2.24) is 0 Å². The number of rotatable bonds is 1. The Balaban J connectivity index is 2.26. The van der Waals surface area contributed by atoms with Crippen LogP contribution in [-0.4, -0.2) is 0 Å². The van der Waals surface area contributed by atoms with Gasteiger partial charge in [-0.25, -0.2) is 0 Å². The van der Waals surface area contributed by atoms with Gasteiger partial charge in [0.1, 0.15) is 0 Å². The number of benzene rings is 1. The molecule has 0 heterocycles. The van der Waals surface area contributed by atoms with E-state index in [0.717, 1.165) is 6.42 Å². The third kappa shape index (κ3) is 2.44. The smallest absolute Gasteiger partial charge is 0.00493 e. The van der Waals surface area contributed by atoms with Gasteiger partial charge in [-0.2, -0.15) is 0 Å². The van der Waals surface area contributed by atoms with Crippen LogP contribution in [0.1, 0.15) is 38.3 Å². The Labute approximate surface area is 98.7 Å². The molecular weight excluding hydrogens is 192 g/mol. The summed E-state index contributed by atoms with van der Waals surface area (Å²) in [7, 11) is 0. The highest BCUT2D eigenvalue weighted by Crippen LogP contribution is 2.26. The predicted molar refractivity (Wildman–Crippen MR) is 71.2 cm³/mol. The van der Waals surface area contributed by atoms with Crippen LogP contribution < -0.4 is 0 Å². The fourth-order valence-electron chi connectivity index (χ4n) is 1.89. The molecule has 0 N–H and O–H groups in total. The maximum absolute atomic E-state index is 2.27. The summed E-state index contributed by atoms with van der Waals surface area (Å²) in [6.45, 7) is 6.74. The van der Waals surface area contributed by atoms with Crippen LogP contribution in [-0.2, 0) is 5.41 Å². The Morgan fingerprint density at radius 1 is 1.00 bits per heavy atom. The highest BCUT2D eigenvalue weighted by Gasteiger charge is 2.13. The molecule has 1 radical (unpaired) electrons. The van der Waals surface area contributed by atoms with Crippen LogP contribution in [0.4, 0.5) is 0 Å². The second kappa shape index (κ2) is 4.29. The lowest BCUT2D eigenvalue weighted by Crippen LogP contribution is -2.10. The molecule has 1 aromatic carbocycles. The van der Waals surface area contributed by atoms with E-state index in [1.54, 1.807) is 0 Å². The van der Waals surface area contributed by atoms with Crippen LogP contribution in [0.2, 0.25) is 0 Å². The molecule has 1 aliphatic rings. The van der Waals surface area contributed by atoms with Crippen molar-refractivity contribution < 1.29 is 0 Å². The minimum Gasteiger partial charge on any atom is -0.0839 e. The number of allylic oxidation sites excluding steroid dienone is 4. The van der Waals surface area contributed by atoms with Crippen LogP contribution >= 0.6 is 0 Å². The van der Waals surface area contributed by atoms with Crippen LogP contribution in [0.5, 0.6) is 0 Å². The van der Waals surface area contributed by atoms with Gasteiger partial charge in [0.05, 0.1) is 0 Å². The van der Waals surface area contributed by atoms with Gasteiger partial charge in [-0.15, -0.1) is 0 Å². The average Bonchev–Trinajstić information content (AvgIpc) is 2.29. The summed E-state index contributed by atoms with van der Waals surface area (Å²) in [5, 5.41) is 0. The van der Waals surface area contributed by atoms with Crippen molar-refractivity contribution in [3.8, 4) is 0 Å². The minimum atomic E-state index is 0.239. The van der Waals surface area contributed by atoms with E-state index in [1.807, 2.05) is 0 Å². The molecular formula is C16H19. The highest BCUT2D eigenvalue weighted by atomic mass is 14.2. The topological polar surface area (TPSA) is 0 Å². The van der Waals surface area contributed by atoms with E-state index in [-0.39, 0.29) is 5.41 Å². The van der Waals surface area contributed by atoms with E-state index >= 15 is 0 Å². The van der Waals surface area contributed by atoms with Crippen LogP contribution in [0.3, 0.4) is 0 Å². The Morgan fingerprint density at radius 3 is 2.19 bits per heavy atom. The maximum atomic E-state index is 2.27. The molecule has 0 saturated carbocycles. The quantitative estimate of drug-likeness (QED) is 0.640. The average molecular weight is 211 g/mol. The van der Waals surface area contributed by atoms with Crippen molar-refractivity contribution >= 4 is 5.57 Å². The second-order valence-corrected chi connectivity index (χ2v) is 5.32. The Kier molecular flexibility index (Phi) is 3.00. The SMILES string of the molecule is CC(C)(C)c1ccc(C2=CC=CC[CH]2)cc1. The molecule has 0 aromatic heterocycles. The summed E-state index contributed by atoms with van der Waals surface area (Å²) in [6.07, 6.45) is 9.80. The molecule has 83 valence electrons. The van der Waals surface area contributed by atoms with Gasteiger partial charge in [0.25, 0.3) is 0 Å². The molecule has 2 rings (SSSR count). The van der Waals surface area contributed by atoms with E-state index in [4.69, 9.17) is 0 Å². The van der Waals surface area contributed by atoms with Gasteiger partial charge < -0.3 is 0 Å². The largest absolute Gasteiger partial charge is 0.0839 e. The first-order chi connectivity index (χ1) is 7.57. The van der Waals surface area contributed by atoms with Crippen LogP contribution in [0.25, 0.3) is 5.57 Å². The van der Waals surface area contributed by atoms with Crippen molar-refractivity contribution in [2.24, 2.45) is 0 Å². The molecule has 0 saturated heterocycles. The van der Waals surface area contributed by atoms with Gasteiger partial charge in [0.15, 0.2) is 0 Å². The summed E-state index contributed by atoms with van der Waals surface area (Å²) in [5.74, 6) is 0. The first-order valence-corrected chi connectivity index (χ1v) is 5.88. The lowest BCUT2D eigenvalue weighted by Gasteiger charge is -2.19.